The highest BCUT2D eigenvalue weighted by molar-refractivity contribution is 8.13. The summed E-state index contributed by atoms with van der Waals surface area (Å²) in [5.74, 6) is -0.490. The first kappa shape index (κ1) is 35.1. The Bertz CT molecular complexity index is 1020. The maximum absolute atomic E-state index is 12.9. The van der Waals surface area contributed by atoms with Gasteiger partial charge in [-0.25, -0.2) is 9.78 Å². The molecule has 0 saturated carbocycles. The number of rotatable bonds is 12. The molecule has 0 aliphatic rings. The average molecular weight is 574 g/mol. The summed E-state index contributed by atoms with van der Waals surface area (Å²) in [6.45, 7) is 19.0. The number of esters is 1. The molecule has 9 heteroatoms. The van der Waals surface area contributed by atoms with Gasteiger partial charge in [-0.05, 0) is 70.9 Å². The summed E-state index contributed by atoms with van der Waals surface area (Å²) >= 11 is 1.11. The molecule has 2 unspecified atom stereocenters. The number of anilines is 1. The molecule has 1 amide bonds. The van der Waals surface area contributed by atoms with Gasteiger partial charge in [0.2, 0.25) is 0 Å². The van der Waals surface area contributed by atoms with Crippen molar-refractivity contribution in [2.24, 2.45) is 5.92 Å². The van der Waals surface area contributed by atoms with Crippen LogP contribution in [-0.4, -0.2) is 64.7 Å². The summed E-state index contributed by atoms with van der Waals surface area (Å²) < 4.78 is 10.6. The van der Waals surface area contributed by atoms with Crippen LogP contribution in [0.5, 0.6) is 0 Å². The predicted octanol–water partition coefficient (Wildman–Crippen LogP) is 6.56. The first-order chi connectivity index (χ1) is 18.9. The van der Waals surface area contributed by atoms with E-state index in [1.165, 1.54) is 26.6 Å². The van der Waals surface area contributed by atoms with Crippen molar-refractivity contribution in [3.05, 3.63) is 59.8 Å². The Kier molecular flexibility index (Phi) is 16.2. The molecular weight excluding hydrogens is 526 g/mol. The standard InChI is InChI=1S/C25H32N2O5S.C6H15N/c1-6-31-23(29)21(16-33-17(2)28)20(14-18-10-8-7-9-11-18)19-12-13-22(26-15-19)27-24(30)32-25(3,4)5;1-4-7(5-2)6-3/h7-13,15,20-21H,6,14,16H2,1-5H3,(H,26,27,30);4-6H2,1-3H3. The molecule has 2 atom stereocenters. The van der Waals surface area contributed by atoms with Crippen molar-refractivity contribution in [2.45, 2.75) is 73.3 Å². The first-order valence-corrected chi connectivity index (χ1v) is 14.9. The summed E-state index contributed by atoms with van der Waals surface area (Å²) in [5.41, 5.74) is 1.25. The molecule has 2 rings (SSSR count). The normalized spacial score (nSPS) is 12.5. The number of hydrogen-bond donors (Lipinski definition) is 1. The second-order valence-corrected chi connectivity index (χ2v) is 11.4. The van der Waals surface area contributed by atoms with Gasteiger partial charge in [0.05, 0.1) is 12.5 Å². The van der Waals surface area contributed by atoms with Crippen LogP contribution >= 0.6 is 11.8 Å². The van der Waals surface area contributed by atoms with Gasteiger partial charge in [0, 0.05) is 24.8 Å². The van der Waals surface area contributed by atoms with Gasteiger partial charge in [-0.3, -0.25) is 14.9 Å². The molecule has 1 aromatic carbocycles. The Morgan fingerprint density at radius 3 is 2.05 bits per heavy atom. The molecule has 0 aliphatic heterocycles. The van der Waals surface area contributed by atoms with Gasteiger partial charge >= 0.3 is 12.1 Å². The number of benzene rings is 1. The Morgan fingerprint density at radius 1 is 0.975 bits per heavy atom. The van der Waals surface area contributed by atoms with Gasteiger partial charge in [-0.15, -0.1) is 0 Å². The van der Waals surface area contributed by atoms with Crippen molar-refractivity contribution in [1.82, 2.24) is 9.88 Å². The third kappa shape index (κ3) is 13.9. The van der Waals surface area contributed by atoms with Crippen molar-refractivity contribution >= 4 is 34.8 Å². The molecule has 0 bridgehead atoms. The number of carbonyl (C=O) groups is 3. The first-order valence-electron chi connectivity index (χ1n) is 14.0. The van der Waals surface area contributed by atoms with Crippen LogP contribution in [0.1, 0.15) is 72.4 Å². The SMILES string of the molecule is CCN(CC)CC.CCOC(=O)C(CSC(C)=O)C(Cc1ccccc1)c1ccc(NC(=O)OC(C)(C)C)nc1. The molecule has 0 radical (unpaired) electrons. The van der Waals surface area contributed by atoms with Crippen molar-refractivity contribution < 1.29 is 23.9 Å². The lowest BCUT2D eigenvalue weighted by Crippen LogP contribution is -2.29. The van der Waals surface area contributed by atoms with Gasteiger partial charge in [0.25, 0.3) is 0 Å². The van der Waals surface area contributed by atoms with Gasteiger partial charge in [0.1, 0.15) is 11.4 Å². The molecular formula is C31H47N3O5S. The fourth-order valence-corrected chi connectivity index (χ4v) is 4.73. The summed E-state index contributed by atoms with van der Waals surface area (Å²) in [4.78, 5) is 43.3. The van der Waals surface area contributed by atoms with Crippen LogP contribution in [-0.2, 0) is 25.5 Å². The number of thioether (sulfide) groups is 1. The van der Waals surface area contributed by atoms with Crippen LogP contribution in [0.15, 0.2) is 48.7 Å². The van der Waals surface area contributed by atoms with E-state index in [2.05, 4.69) is 36.0 Å². The maximum Gasteiger partial charge on any atom is 0.413 e. The van der Waals surface area contributed by atoms with E-state index < -0.39 is 17.6 Å². The van der Waals surface area contributed by atoms with E-state index in [-0.39, 0.29) is 23.6 Å². The lowest BCUT2D eigenvalue weighted by Gasteiger charge is -2.26. The van der Waals surface area contributed by atoms with Gasteiger partial charge in [-0.1, -0.05) is 68.9 Å². The maximum atomic E-state index is 12.9. The summed E-state index contributed by atoms with van der Waals surface area (Å²) in [6, 6.07) is 13.3. The highest BCUT2D eigenvalue weighted by Gasteiger charge is 2.32. The van der Waals surface area contributed by atoms with E-state index >= 15 is 0 Å². The molecule has 1 N–H and O–H groups in total. The van der Waals surface area contributed by atoms with Crippen molar-refractivity contribution in [1.29, 1.82) is 0 Å². The highest BCUT2D eigenvalue weighted by Crippen LogP contribution is 2.33. The lowest BCUT2D eigenvalue weighted by atomic mass is 9.83. The lowest BCUT2D eigenvalue weighted by molar-refractivity contribution is -0.148. The van der Waals surface area contributed by atoms with Gasteiger partial charge in [-0.2, -0.15) is 0 Å². The van der Waals surface area contributed by atoms with Crippen molar-refractivity contribution in [2.75, 3.05) is 37.3 Å². The predicted molar refractivity (Wildman–Crippen MR) is 164 cm³/mol. The van der Waals surface area contributed by atoms with E-state index in [1.54, 1.807) is 40.0 Å². The van der Waals surface area contributed by atoms with Crippen LogP contribution in [0.4, 0.5) is 10.6 Å². The summed E-state index contributed by atoms with van der Waals surface area (Å²) in [5, 5.41) is 2.56. The van der Waals surface area contributed by atoms with Crippen LogP contribution < -0.4 is 5.32 Å². The minimum Gasteiger partial charge on any atom is -0.466 e. The molecule has 8 nitrogen and oxygen atoms in total. The van der Waals surface area contributed by atoms with E-state index in [9.17, 15) is 14.4 Å². The topological polar surface area (TPSA) is 97.8 Å². The number of carbonyl (C=O) groups excluding carboxylic acids is 3. The Morgan fingerprint density at radius 2 is 1.60 bits per heavy atom. The van der Waals surface area contributed by atoms with Crippen molar-refractivity contribution in [3.8, 4) is 0 Å². The fourth-order valence-electron chi connectivity index (χ4n) is 3.94. The quantitative estimate of drug-likeness (QED) is 0.285. The minimum atomic E-state index is -0.619. The van der Waals surface area contributed by atoms with Crippen LogP contribution in [0, 0.1) is 5.92 Å². The number of amides is 1. The number of hydrogen-bond acceptors (Lipinski definition) is 8. The van der Waals surface area contributed by atoms with E-state index in [1.807, 2.05) is 36.4 Å². The second kappa shape index (κ2) is 18.4. The molecule has 0 saturated heterocycles. The summed E-state index contributed by atoms with van der Waals surface area (Å²) in [7, 11) is 0. The number of pyridine rings is 1. The van der Waals surface area contributed by atoms with Crippen LogP contribution in [0.3, 0.4) is 0 Å². The largest absolute Gasteiger partial charge is 0.466 e. The van der Waals surface area contributed by atoms with Gasteiger partial charge < -0.3 is 14.4 Å². The monoisotopic (exact) mass is 573 g/mol. The average Bonchev–Trinajstić information content (AvgIpc) is 2.89. The number of ether oxygens (including phenoxy) is 2. The zero-order valence-corrected chi connectivity index (χ0v) is 26.2. The third-order valence-corrected chi connectivity index (χ3v) is 6.96. The zero-order valence-electron chi connectivity index (χ0n) is 25.4. The van der Waals surface area contributed by atoms with E-state index in [0.717, 1.165) is 22.9 Å². The molecule has 1 aromatic heterocycles. The Balaban J connectivity index is 0.00000101. The Hall–Kier alpha value is -2.91. The summed E-state index contributed by atoms with van der Waals surface area (Å²) in [6.07, 6.45) is 1.62. The van der Waals surface area contributed by atoms with E-state index in [4.69, 9.17) is 9.47 Å². The van der Waals surface area contributed by atoms with Gasteiger partial charge in [0.15, 0.2) is 5.12 Å². The Labute approximate surface area is 244 Å². The van der Waals surface area contributed by atoms with Crippen LogP contribution in [0.2, 0.25) is 0 Å². The molecule has 0 fully saturated rings. The van der Waals surface area contributed by atoms with Crippen molar-refractivity contribution in [3.63, 3.8) is 0 Å². The second-order valence-electron chi connectivity index (χ2n) is 10.2. The molecule has 0 spiro atoms. The highest BCUT2D eigenvalue weighted by atomic mass is 32.2. The van der Waals surface area contributed by atoms with E-state index in [0.29, 0.717) is 18.0 Å². The minimum absolute atomic E-state index is 0.0576. The molecule has 40 heavy (non-hydrogen) atoms. The molecule has 222 valence electrons. The number of aromatic nitrogens is 1. The molecule has 0 aliphatic carbocycles. The smallest absolute Gasteiger partial charge is 0.413 e. The molecule has 1 heterocycles. The third-order valence-electron chi connectivity index (χ3n) is 6.02. The number of nitrogens with zero attached hydrogens (tertiary/aromatic N) is 2. The molecule has 2 aromatic rings. The van der Waals surface area contributed by atoms with Crippen LogP contribution in [0.25, 0.3) is 0 Å². The fraction of sp³-hybridized carbons (Fsp3) is 0.548. The zero-order chi connectivity index (χ0) is 30.1. The number of nitrogens with one attached hydrogen (secondary N) is 1.